The van der Waals surface area contributed by atoms with Crippen LogP contribution in [0.25, 0.3) is 0 Å². The average molecular weight is 274 g/mol. The van der Waals surface area contributed by atoms with Crippen molar-refractivity contribution in [2.45, 2.75) is 91.3 Å². The van der Waals surface area contributed by atoms with Crippen LogP contribution in [0.3, 0.4) is 0 Å². The number of rotatable bonds is 2. The van der Waals surface area contributed by atoms with Gasteiger partial charge in [-0.25, -0.2) is 0 Å². The molecule has 0 saturated heterocycles. The smallest absolute Gasteiger partial charge is 0.0630 e. The molecule has 0 aliphatic heterocycles. The van der Waals surface area contributed by atoms with E-state index in [1.807, 2.05) is 0 Å². The molecule has 1 heteroatoms. The van der Waals surface area contributed by atoms with Crippen LogP contribution in [0.5, 0.6) is 0 Å². The van der Waals surface area contributed by atoms with Crippen molar-refractivity contribution in [1.82, 2.24) is 0 Å². The molecule has 0 aromatic heterocycles. The summed E-state index contributed by atoms with van der Waals surface area (Å²) < 4.78 is 0. The van der Waals surface area contributed by atoms with E-state index in [1.54, 1.807) is 0 Å². The summed E-state index contributed by atoms with van der Waals surface area (Å²) in [4.78, 5) is 0. The van der Waals surface area contributed by atoms with E-state index in [-0.39, 0.29) is 5.31 Å². The van der Waals surface area contributed by atoms with Gasteiger partial charge in [0, 0.05) is 0 Å². The standard InChI is InChI=1S/C19H35B/c1-14-9-6-7-11-19(20,12-8-10-14)17(4)18(5)13-15(2)16(18)3/h14-17H,6-13H2,1-5H3. The minimum absolute atomic E-state index is 0.0905. The molecule has 0 spiro atoms. The summed E-state index contributed by atoms with van der Waals surface area (Å²) in [7, 11) is 6.99. The van der Waals surface area contributed by atoms with Crippen molar-refractivity contribution in [2.24, 2.45) is 29.1 Å². The number of hydrogen-bond acceptors (Lipinski definition) is 0. The molecule has 6 atom stereocenters. The van der Waals surface area contributed by atoms with Gasteiger partial charge in [-0.15, -0.1) is 0 Å². The quantitative estimate of drug-likeness (QED) is 0.541. The molecule has 0 nitrogen and oxygen atoms in total. The maximum atomic E-state index is 6.99. The molecule has 0 aromatic rings. The van der Waals surface area contributed by atoms with Crippen LogP contribution in [0.15, 0.2) is 0 Å². The van der Waals surface area contributed by atoms with Crippen molar-refractivity contribution in [1.29, 1.82) is 0 Å². The molecule has 0 bridgehead atoms. The molecular formula is C19H35B. The maximum Gasteiger partial charge on any atom is 0.0750 e. The summed E-state index contributed by atoms with van der Waals surface area (Å²) >= 11 is 0. The second kappa shape index (κ2) is 6.05. The summed E-state index contributed by atoms with van der Waals surface area (Å²) in [6.07, 6.45) is 10.7. The van der Waals surface area contributed by atoms with Crippen LogP contribution in [0.4, 0.5) is 0 Å². The van der Waals surface area contributed by atoms with Gasteiger partial charge in [0.05, 0.1) is 7.85 Å². The van der Waals surface area contributed by atoms with Crippen LogP contribution in [0.2, 0.25) is 5.31 Å². The van der Waals surface area contributed by atoms with Crippen LogP contribution in [-0.2, 0) is 0 Å². The lowest BCUT2D eigenvalue weighted by atomic mass is 9.42. The first kappa shape index (κ1) is 16.4. The summed E-state index contributed by atoms with van der Waals surface area (Å²) in [6, 6.07) is 0. The molecule has 2 radical (unpaired) electrons. The second-order valence-corrected chi connectivity index (χ2v) is 8.67. The van der Waals surface area contributed by atoms with Crippen molar-refractivity contribution in [3.63, 3.8) is 0 Å². The Bertz CT molecular complexity index is 326. The van der Waals surface area contributed by atoms with Gasteiger partial charge < -0.3 is 0 Å². The largest absolute Gasteiger partial charge is 0.0750 e. The fraction of sp³-hybridized carbons (Fsp3) is 1.00. The third-order valence-electron chi connectivity index (χ3n) is 7.44. The normalized spacial score (nSPS) is 48.5. The van der Waals surface area contributed by atoms with E-state index >= 15 is 0 Å². The maximum absolute atomic E-state index is 6.99. The van der Waals surface area contributed by atoms with E-state index in [4.69, 9.17) is 7.85 Å². The lowest BCUT2D eigenvalue weighted by Crippen LogP contribution is -2.50. The minimum Gasteiger partial charge on any atom is -0.0630 e. The summed E-state index contributed by atoms with van der Waals surface area (Å²) in [5.41, 5.74) is 0.480. The molecule has 2 aliphatic carbocycles. The Morgan fingerprint density at radius 1 is 1.00 bits per heavy atom. The van der Waals surface area contributed by atoms with Gasteiger partial charge in [0.15, 0.2) is 0 Å². The zero-order valence-electron chi connectivity index (χ0n) is 14.5. The van der Waals surface area contributed by atoms with E-state index in [9.17, 15) is 0 Å². The molecule has 2 saturated carbocycles. The van der Waals surface area contributed by atoms with Crippen LogP contribution in [-0.4, -0.2) is 7.85 Å². The fourth-order valence-corrected chi connectivity index (χ4v) is 5.20. The number of hydrogen-bond donors (Lipinski definition) is 0. The monoisotopic (exact) mass is 274 g/mol. The predicted molar refractivity (Wildman–Crippen MR) is 90.1 cm³/mol. The molecule has 20 heavy (non-hydrogen) atoms. The van der Waals surface area contributed by atoms with Gasteiger partial charge in [-0.2, -0.15) is 0 Å². The van der Waals surface area contributed by atoms with E-state index < -0.39 is 0 Å². The SMILES string of the molecule is [B]C1(C(C)C2(C)CC(C)C2C)CCCCC(C)CCC1. The predicted octanol–water partition coefficient (Wildman–Crippen LogP) is 6.01. The Balaban J connectivity index is 2.07. The summed E-state index contributed by atoms with van der Waals surface area (Å²) in [6.45, 7) is 12.2. The third kappa shape index (κ3) is 2.97. The molecule has 2 fully saturated rings. The van der Waals surface area contributed by atoms with Gasteiger partial charge in [-0.05, 0) is 35.5 Å². The average Bonchev–Trinajstić information content (AvgIpc) is 2.49. The minimum atomic E-state index is 0.0905. The van der Waals surface area contributed by atoms with E-state index in [0.717, 1.165) is 17.8 Å². The van der Waals surface area contributed by atoms with E-state index in [1.165, 1.54) is 51.4 Å². The van der Waals surface area contributed by atoms with Crippen molar-refractivity contribution < 1.29 is 0 Å². The van der Waals surface area contributed by atoms with Gasteiger partial charge >= 0.3 is 0 Å². The van der Waals surface area contributed by atoms with Crippen LogP contribution in [0, 0.1) is 29.1 Å². The first-order valence-corrected chi connectivity index (χ1v) is 9.08. The zero-order chi connectivity index (χ0) is 15.0. The molecule has 0 N–H and O–H groups in total. The Kier molecular flexibility index (Phi) is 4.97. The zero-order valence-corrected chi connectivity index (χ0v) is 14.5. The highest BCUT2D eigenvalue weighted by atomic mass is 14.6. The summed E-state index contributed by atoms with van der Waals surface area (Å²) in [5.74, 6) is 3.30. The van der Waals surface area contributed by atoms with Gasteiger partial charge in [0.2, 0.25) is 0 Å². The fourth-order valence-electron chi connectivity index (χ4n) is 5.20. The van der Waals surface area contributed by atoms with Gasteiger partial charge in [0.25, 0.3) is 0 Å². The van der Waals surface area contributed by atoms with E-state index in [0.29, 0.717) is 11.3 Å². The van der Waals surface area contributed by atoms with Crippen molar-refractivity contribution in [2.75, 3.05) is 0 Å². The van der Waals surface area contributed by atoms with Crippen LogP contribution in [0.1, 0.15) is 86.0 Å². The third-order valence-corrected chi connectivity index (χ3v) is 7.44. The molecule has 0 amide bonds. The molecule has 2 rings (SSSR count). The van der Waals surface area contributed by atoms with Crippen LogP contribution >= 0.6 is 0 Å². The molecule has 0 aromatic carbocycles. The first-order valence-electron chi connectivity index (χ1n) is 9.08. The molecular weight excluding hydrogens is 239 g/mol. The molecule has 6 unspecified atom stereocenters. The Hall–Kier alpha value is 0.0649. The second-order valence-electron chi connectivity index (χ2n) is 8.67. The highest BCUT2D eigenvalue weighted by molar-refractivity contribution is 6.15. The Morgan fingerprint density at radius 3 is 2.20 bits per heavy atom. The molecule has 0 heterocycles. The van der Waals surface area contributed by atoms with Crippen LogP contribution < -0.4 is 0 Å². The summed E-state index contributed by atoms with van der Waals surface area (Å²) in [5, 5.41) is 0.0905. The molecule has 2 aliphatic rings. The van der Waals surface area contributed by atoms with Crippen molar-refractivity contribution in [3.05, 3.63) is 0 Å². The van der Waals surface area contributed by atoms with Gasteiger partial charge in [0.1, 0.15) is 0 Å². The Morgan fingerprint density at radius 2 is 1.60 bits per heavy atom. The highest BCUT2D eigenvalue weighted by Gasteiger charge is 2.52. The lowest BCUT2D eigenvalue weighted by Gasteiger charge is -2.59. The first-order chi connectivity index (χ1) is 9.29. The van der Waals surface area contributed by atoms with Gasteiger partial charge in [-0.3, -0.25) is 0 Å². The van der Waals surface area contributed by atoms with Crippen molar-refractivity contribution in [3.8, 4) is 0 Å². The van der Waals surface area contributed by atoms with Crippen molar-refractivity contribution >= 4 is 7.85 Å². The topological polar surface area (TPSA) is 0 Å². The highest BCUT2D eigenvalue weighted by Crippen LogP contribution is 2.62. The molecule has 114 valence electrons. The lowest BCUT2D eigenvalue weighted by molar-refractivity contribution is -0.0696. The Labute approximate surface area is 128 Å². The van der Waals surface area contributed by atoms with E-state index in [2.05, 4.69) is 34.6 Å². The van der Waals surface area contributed by atoms with Gasteiger partial charge in [-0.1, -0.05) is 84.9 Å².